The maximum Gasteiger partial charge on any atom is 0.255 e. The number of nitrogens with zero attached hydrogens (tertiary/aromatic N) is 4. The minimum Gasteiger partial charge on any atom is -0.367 e. The molecule has 1 aliphatic heterocycles. The number of para-hydroxylation sites is 1. The standard InChI is InChI=1S/C22H24N4O/c1-2-6-18-15-21(19-8-3-4-9-20(19)24-18)25-11-13-26(14-12-25)22(27)17-7-5-10-23-16-17/h3-5,7-10,15-16H,2,6,11-14H2,1H3. The lowest BCUT2D eigenvalue weighted by molar-refractivity contribution is 0.0746. The van der Waals surface area contributed by atoms with Crippen LogP contribution in [0, 0.1) is 0 Å². The zero-order valence-corrected chi connectivity index (χ0v) is 15.6. The second-order valence-corrected chi connectivity index (χ2v) is 6.92. The molecule has 138 valence electrons. The lowest BCUT2D eigenvalue weighted by Gasteiger charge is -2.36. The number of hydrogen-bond acceptors (Lipinski definition) is 4. The summed E-state index contributed by atoms with van der Waals surface area (Å²) >= 11 is 0. The van der Waals surface area contributed by atoms with Gasteiger partial charge in [-0.15, -0.1) is 0 Å². The lowest BCUT2D eigenvalue weighted by atomic mass is 10.1. The Morgan fingerprint density at radius 2 is 1.89 bits per heavy atom. The normalized spacial score (nSPS) is 14.6. The van der Waals surface area contributed by atoms with Crippen LogP contribution in [0.4, 0.5) is 5.69 Å². The molecule has 1 amide bonds. The van der Waals surface area contributed by atoms with Gasteiger partial charge in [0.2, 0.25) is 0 Å². The van der Waals surface area contributed by atoms with Crippen molar-refractivity contribution in [3.8, 4) is 0 Å². The summed E-state index contributed by atoms with van der Waals surface area (Å²) in [6.07, 6.45) is 5.40. The van der Waals surface area contributed by atoms with E-state index in [1.165, 1.54) is 11.1 Å². The third-order valence-corrected chi connectivity index (χ3v) is 5.07. The van der Waals surface area contributed by atoms with Gasteiger partial charge in [-0.2, -0.15) is 0 Å². The molecule has 0 atom stereocenters. The molecule has 1 fully saturated rings. The average Bonchev–Trinajstić information content (AvgIpc) is 2.74. The molecule has 2 aromatic heterocycles. The molecule has 3 heterocycles. The number of carbonyl (C=O) groups is 1. The highest BCUT2D eigenvalue weighted by Crippen LogP contribution is 2.28. The molecule has 4 rings (SSSR count). The van der Waals surface area contributed by atoms with E-state index in [1.807, 2.05) is 23.1 Å². The monoisotopic (exact) mass is 360 g/mol. The Labute approximate surface area is 159 Å². The van der Waals surface area contributed by atoms with Crippen molar-refractivity contribution in [2.45, 2.75) is 19.8 Å². The number of carbonyl (C=O) groups excluding carboxylic acids is 1. The highest BCUT2D eigenvalue weighted by molar-refractivity contribution is 5.94. The van der Waals surface area contributed by atoms with Gasteiger partial charge in [0.1, 0.15) is 0 Å². The van der Waals surface area contributed by atoms with Crippen molar-refractivity contribution in [2.24, 2.45) is 0 Å². The summed E-state index contributed by atoms with van der Waals surface area (Å²) < 4.78 is 0. The van der Waals surface area contributed by atoms with Crippen molar-refractivity contribution in [2.75, 3.05) is 31.1 Å². The van der Waals surface area contributed by atoms with Gasteiger partial charge >= 0.3 is 0 Å². The molecule has 1 saturated heterocycles. The van der Waals surface area contributed by atoms with E-state index in [0.717, 1.165) is 37.1 Å². The predicted molar refractivity (Wildman–Crippen MR) is 108 cm³/mol. The first-order valence-corrected chi connectivity index (χ1v) is 9.59. The van der Waals surface area contributed by atoms with Crippen molar-refractivity contribution < 1.29 is 4.79 Å². The summed E-state index contributed by atoms with van der Waals surface area (Å²) in [4.78, 5) is 25.8. The van der Waals surface area contributed by atoms with Gasteiger partial charge < -0.3 is 9.80 Å². The Morgan fingerprint density at radius 1 is 1.07 bits per heavy atom. The van der Waals surface area contributed by atoms with Crippen LogP contribution < -0.4 is 4.90 Å². The fourth-order valence-corrected chi connectivity index (χ4v) is 3.68. The van der Waals surface area contributed by atoms with Crippen molar-refractivity contribution in [3.63, 3.8) is 0 Å². The van der Waals surface area contributed by atoms with Gasteiger partial charge in [-0.3, -0.25) is 14.8 Å². The van der Waals surface area contributed by atoms with Crippen LogP contribution in [0.3, 0.4) is 0 Å². The van der Waals surface area contributed by atoms with Crippen LogP contribution in [-0.2, 0) is 6.42 Å². The number of pyridine rings is 2. The summed E-state index contributed by atoms with van der Waals surface area (Å²) in [5.41, 5.74) is 4.08. The Morgan fingerprint density at radius 3 is 2.63 bits per heavy atom. The van der Waals surface area contributed by atoms with E-state index in [2.05, 4.69) is 41.1 Å². The molecule has 0 unspecified atom stereocenters. The molecule has 0 N–H and O–H groups in total. The van der Waals surface area contributed by atoms with E-state index in [4.69, 9.17) is 4.98 Å². The maximum absolute atomic E-state index is 12.7. The number of fused-ring (bicyclic) bond motifs is 1. The Hall–Kier alpha value is -2.95. The van der Waals surface area contributed by atoms with E-state index in [9.17, 15) is 4.79 Å². The first kappa shape index (κ1) is 17.5. The third kappa shape index (κ3) is 3.63. The van der Waals surface area contributed by atoms with Crippen molar-refractivity contribution in [1.82, 2.24) is 14.9 Å². The second kappa shape index (κ2) is 7.74. The Balaban J connectivity index is 1.55. The summed E-state index contributed by atoms with van der Waals surface area (Å²) in [6, 6.07) is 14.2. The van der Waals surface area contributed by atoms with Gasteiger partial charge in [0.05, 0.1) is 11.1 Å². The molecule has 0 spiro atoms. The topological polar surface area (TPSA) is 49.3 Å². The van der Waals surface area contributed by atoms with Crippen molar-refractivity contribution in [3.05, 3.63) is 66.1 Å². The molecule has 27 heavy (non-hydrogen) atoms. The zero-order valence-electron chi connectivity index (χ0n) is 15.6. The van der Waals surface area contributed by atoms with E-state index >= 15 is 0 Å². The van der Waals surface area contributed by atoms with Gasteiger partial charge in [0.15, 0.2) is 0 Å². The number of rotatable bonds is 4. The van der Waals surface area contributed by atoms with Crippen LogP contribution in [-0.4, -0.2) is 47.0 Å². The molecule has 5 nitrogen and oxygen atoms in total. The number of amides is 1. The van der Waals surface area contributed by atoms with Gasteiger partial charge in [0, 0.05) is 55.3 Å². The molecule has 3 aromatic rings. The summed E-state index contributed by atoms with van der Waals surface area (Å²) in [7, 11) is 0. The van der Waals surface area contributed by atoms with Crippen LogP contribution in [0.15, 0.2) is 54.9 Å². The minimum atomic E-state index is 0.0639. The van der Waals surface area contributed by atoms with E-state index in [-0.39, 0.29) is 5.91 Å². The zero-order chi connectivity index (χ0) is 18.6. The summed E-state index contributed by atoms with van der Waals surface area (Å²) in [6.45, 7) is 5.26. The first-order chi connectivity index (χ1) is 13.3. The number of hydrogen-bond donors (Lipinski definition) is 0. The highest BCUT2D eigenvalue weighted by Gasteiger charge is 2.23. The minimum absolute atomic E-state index is 0.0639. The van der Waals surface area contributed by atoms with E-state index < -0.39 is 0 Å². The molecule has 0 aliphatic carbocycles. The molecule has 5 heteroatoms. The van der Waals surface area contributed by atoms with Gasteiger partial charge in [-0.1, -0.05) is 31.5 Å². The van der Waals surface area contributed by atoms with Crippen molar-refractivity contribution >= 4 is 22.5 Å². The quantitative estimate of drug-likeness (QED) is 0.714. The first-order valence-electron chi connectivity index (χ1n) is 9.59. The SMILES string of the molecule is CCCc1cc(N2CCN(C(=O)c3cccnc3)CC2)c2ccccc2n1. The maximum atomic E-state index is 12.7. The molecular formula is C22H24N4O. The van der Waals surface area contributed by atoms with E-state index in [1.54, 1.807) is 12.4 Å². The Bertz CT molecular complexity index is 933. The fraction of sp³-hybridized carbons (Fsp3) is 0.318. The Kier molecular flexibility index (Phi) is 5.01. The number of piperazine rings is 1. The van der Waals surface area contributed by atoms with Gasteiger partial charge in [0.25, 0.3) is 5.91 Å². The number of aryl methyl sites for hydroxylation is 1. The smallest absolute Gasteiger partial charge is 0.255 e. The van der Waals surface area contributed by atoms with Crippen LogP contribution >= 0.6 is 0 Å². The van der Waals surface area contributed by atoms with Crippen molar-refractivity contribution in [1.29, 1.82) is 0 Å². The lowest BCUT2D eigenvalue weighted by Crippen LogP contribution is -2.48. The highest BCUT2D eigenvalue weighted by atomic mass is 16.2. The summed E-state index contributed by atoms with van der Waals surface area (Å²) in [5, 5.41) is 1.18. The molecule has 0 saturated carbocycles. The molecule has 1 aromatic carbocycles. The van der Waals surface area contributed by atoms with E-state index in [0.29, 0.717) is 18.7 Å². The fourth-order valence-electron chi connectivity index (χ4n) is 3.68. The van der Waals surface area contributed by atoms with Gasteiger partial charge in [-0.25, -0.2) is 0 Å². The number of benzene rings is 1. The summed E-state index contributed by atoms with van der Waals surface area (Å²) in [5.74, 6) is 0.0639. The third-order valence-electron chi connectivity index (χ3n) is 5.07. The predicted octanol–water partition coefficient (Wildman–Crippen LogP) is 3.54. The van der Waals surface area contributed by atoms with Crippen LogP contribution in [0.1, 0.15) is 29.4 Å². The molecule has 0 bridgehead atoms. The number of aromatic nitrogens is 2. The largest absolute Gasteiger partial charge is 0.367 e. The van der Waals surface area contributed by atoms with Crippen LogP contribution in [0.25, 0.3) is 10.9 Å². The average molecular weight is 360 g/mol. The van der Waals surface area contributed by atoms with Gasteiger partial charge in [-0.05, 0) is 30.7 Å². The second-order valence-electron chi connectivity index (χ2n) is 6.92. The van der Waals surface area contributed by atoms with Crippen LogP contribution in [0.2, 0.25) is 0 Å². The molecular weight excluding hydrogens is 336 g/mol. The molecule has 1 aliphatic rings. The number of anilines is 1. The molecule has 0 radical (unpaired) electrons. The van der Waals surface area contributed by atoms with Crippen LogP contribution in [0.5, 0.6) is 0 Å².